The van der Waals surface area contributed by atoms with Gasteiger partial charge in [-0.05, 0) is 24.3 Å². The van der Waals surface area contributed by atoms with Crippen LogP contribution in [-0.4, -0.2) is 32.3 Å². The smallest absolute Gasteiger partial charge is 0.255 e. The predicted molar refractivity (Wildman–Crippen MR) is 100 cm³/mol. The number of carbonyl (C=O) groups excluding carboxylic acids is 1. The van der Waals surface area contributed by atoms with Gasteiger partial charge < -0.3 is 4.90 Å². The highest BCUT2D eigenvalue weighted by Gasteiger charge is 2.25. The molecule has 0 spiro atoms. The first kappa shape index (κ1) is 16.9. The van der Waals surface area contributed by atoms with Gasteiger partial charge in [-0.1, -0.05) is 35.3 Å². The standard InChI is InChI=1S/C19H14Cl2N4O/c20-14-5-3-4-13(17(14)21)19(26)25-9-7-15-12(11-25)10-23-18(24-15)16-6-1-2-8-22-16/h1-6,8,10H,7,9,11H2. The van der Waals surface area contributed by atoms with Gasteiger partial charge in [0.15, 0.2) is 5.82 Å². The molecule has 4 rings (SSSR count). The fourth-order valence-electron chi connectivity index (χ4n) is 2.95. The van der Waals surface area contributed by atoms with Crippen molar-refractivity contribution in [2.75, 3.05) is 6.54 Å². The van der Waals surface area contributed by atoms with Crippen LogP contribution >= 0.6 is 23.2 Å². The van der Waals surface area contributed by atoms with Gasteiger partial charge in [0.2, 0.25) is 0 Å². The molecular formula is C19H14Cl2N4O. The first-order chi connectivity index (χ1) is 12.6. The lowest BCUT2D eigenvalue weighted by Gasteiger charge is -2.28. The summed E-state index contributed by atoms with van der Waals surface area (Å²) in [4.78, 5) is 27.8. The molecule has 0 aliphatic carbocycles. The second-order valence-corrected chi connectivity index (χ2v) is 6.74. The van der Waals surface area contributed by atoms with Crippen molar-refractivity contribution in [1.29, 1.82) is 0 Å². The molecule has 3 aromatic rings. The van der Waals surface area contributed by atoms with Gasteiger partial charge in [-0.15, -0.1) is 0 Å². The van der Waals surface area contributed by atoms with Crippen LogP contribution in [0.25, 0.3) is 11.5 Å². The van der Waals surface area contributed by atoms with Gasteiger partial charge in [0, 0.05) is 37.5 Å². The van der Waals surface area contributed by atoms with Crippen LogP contribution in [0.15, 0.2) is 48.8 Å². The summed E-state index contributed by atoms with van der Waals surface area (Å²) in [7, 11) is 0. The van der Waals surface area contributed by atoms with E-state index in [2.05, 4.69) is 15.0 Å². The largest absolute Gasteiger partial charge is 0.334 e. The van der Waals surface area contributed by atoms with Gasteiger partial charge in [-0.3, -0.25) is 9.78 Å². The topological polar surface area (TPSA) is 59.0 Å². The third-order valence-corrected chi connectivity index (χ3v) is 5.12. The number of hydrogen-bond acceptors (Lipinski definition) is 4. The number of nitrogens with zero attached hydrogens (tertiary/aromatic N) is 4. The zero-order valence-corrected chi connectivity index (χ0v) is 15.2. The number of benzene rings is 1. The maximum atomic E-state index is 12.8. The van der Waals surface area contributed by atoms with Crippen LogP contribution in [0.2, 0.25) is 10.0 Å². The minimum Gasteiger partial charge on any atom is -0.334 e. The Morgan fingerprint density at radius 2 is 1.96 bits per heavy atom. The first-order valence-electron chi connectivity index (χ1n) is 8.13. The molecular weight excluding hydrogens is 371 g/mol. The number of aromatic nitrogens is 3. The second kappa shape index (κ2) is 7.02. The van der Waals surface area contributed by atoms with E-state index in [1.807, 2.05) is 18.2 Å². The molecule has 1 aliphatic rings. The molecule has 0 unspecified atom stereocenters. The van der Waals surface area contributed by atoms with Gasteiger partial charge in [0.1, 0.15) is 5.69 Å². The Balaban J connectivity index is 1.59. The van der Waals surface area contributed by atoms with Crippen molar-refractivity contribution >= 4 is 29.1 Å². The summed E-state index contributed by atoms with van der Waals surface area (Å²) in [6, 6.07) is 10.7. The third-order valence-electron chi connectivity index (χ3n) is 4.30. The van der Waals surface area contributed by atoms with Crippen LogP contribution < -0.4 is 0 Å². The molecule has 0 radical (unpaired) electrons. The average molecular weight is 385 g/mol. The molecule has 26 heavy (non-hydrogen) atoms. The Labute approximate surface area is 160 Å². The molecule has 0 atom stereocenters. The highest BCUT2D eigenvalue weighted by Crippen LogP contribution is 2.28. The Kier molecular flexibility index (Phi) is 4.57. The molecule has 0 saturated carbocycles. The Hall–Kier alpha value is -2.50. The molecule has 1 aliphatic heterocycles. The second-order valence-electron chi connectivity index (χ2n) is 5.96. The molecule has 130 valence electrons. The SMILES string of the molecule is O=C(c1cccc(Cl)c1Cl)N1CCc2nc(-c3ccccn3)ncc2C1. The van der Waals surface area contributed by atoms with Crippen molar-refractivity contribution in [2.24, 2.45) is 0 Å². The average Bonchev–Trinajstić information content (AvgIpc) is 2.69. The summed E-state index contributed by atoms with van der Waals surface area (Å²) in [5.41, 5.74) is 3.03. The van der Waals surface area contributed by atoms with Crippen LogP contribution in [-0.2, 0) is 13.0 Å². The van der Waals surface area contributed by atoms with E-state index in [4.69, 9.17) is 23.2 Å². The number of pyridine rings is 1. The lowest BCUT2D eigenvalue weighted by molar-refractivity contribution is 0.0733. The van der Waals surface area contributed by atoms with Crippen LogP contribution in [0.3, 0.4) is 0 Å². The summed E-state index contributed by atoms with van der Waals surface area (Å²) in [5, 5.41) is 0.657. The number of amides is 1. The van der Waals surface area contributed by atoms with Crippen molar-refractivity contribution < 1.29 is 4.79 Å². The maximum absolute atomic E-state index is 12.8. The molecule has 0 saturated heterocycles. The van der Waals surface area contributed by atoms with E-state index in [1.165, 1.54) is 0 Å². The highest BCUT2D eigenvalue weighted by atomic mass is 35.5. The zero-order valence-electron chi connectivity index (χ0n) is 13.7. The lowest BCUT2D eigenvalue weighted by Crippen LogP contribution is -2.36. The zero-order chi connectivity index (χ0) is 18.1. The van der Waals surface area contributed by atoms with Crippen molar-refractivity contribution in [3.8, 4) is 11.5 Å². The van der Waals surface area contributed by atoms with Gasteiger partial charge in [-0.25, -0.2) is 9.97 Å². The summed E-state index contributed by atoms with van der Waals surface area (Å²) >= 11 is 12.2. The minimum absolute atomic E-state index is 0.142. The monoisotopic (exact) mass is 384 g/mol. The van der Waals surface area contributed by atoms with E-state index in [1.54, 1.807) is 35.5 Å². The Bertz CT molecular complexity index is 979. The molecule has 3 heterocycles. The quantitative estimate of drug-likeness (QED) is 0.668. The minimum atomic E-state index is -0.142. The van der Waals surface area contributed by atoms with Crippen molar-refractivity contribution in [2.45, 2.75) is 13.0 Å². The van der Waals surface area contributed by atoms with Crippen molar-refractivity contribution in [1.82, 2.24) is 19.9 Å². The molecule has 0 fully saturated rings. The van der Waals surface area contributed by atoms with E-state index in [0.29, 0.717) is 35.9 Å². The van der Waals surface area contributed by atoms with Crippen LogP contribution in [0.4, 0.5) is 0 Å². The van der Waals surface area contributed by atoms with Gasteiger partial charge in [-0.2, -0.15) is 0 Å². The normalized spacial score (nSPS) is 13.4. The number of rotatable bonds is 2. The summed E-state index contributed by atoms with van der Waals surface area (Å²) < 4.78 is 0. The molecule has 1 aromatic carbocycles. The number of halogens is 2. The van der Waals surface area contributed by atoms with Crippen molar-refractivity contribution in [3.05, 3.63) is 75.7 Å². The molecule has 1 amide bonds. The van der Waals surface area contributed by atoms with Gasteiger partial charge >= 0.3 is 0 Å². The van der Waals surface area contributed by atoms with E-state index >= 15 is 0 Å². The predicted octanol–water partition coefficient (Wildman–Crippen LogP) is 4.04. The van der Waals surface area contributed by atoms with Crippen LogP contribution in [0.1, 0.15) is 21.6 Å². The van der Waals surface area contributed by atoms with E-state index in [-0.39, 0.29) is 10.9 Å². The molecule has 0 N–H and O–H groups in total. The van der Waals surface area contributed by atoms with Crippen LogP contribution in [0, 0.1) is 0 Å². The fourth-order valence-corrected chi connectivity index (χ4v) is 3.33. The third kappa shape index (κ3) is 3.16. The molecule has 0 bridgehead atoms. The summed E-state index contributed by atoms with van der Waals surface area (Å²) in [6.45, 7) is 1.01. The molecule has 7 heteroatoms. The Morgan fingerprint density at radius 3 is 2.77 bits per heavy atom. The first-order valence-corrected chi connectivity index (χ1v) is 8.88. The Morgan fingerprint density at radius 1 is 1.08 bits per heavy atom. The fraction of sp³-hybridized carbons (Fsp3) is 0.158. The van der Waals surface area contributed by atoms with Gasteiger partial charge in [0.05, 0.1) is 21.3 Å². The molecule has 5 nitrogen and oxygen atoms in total. The van der Waals surface area contributed by atoms with Gasteiger partial charge in [0.25, 0.3) is 5.91 Å². The van der Waals surface area contributed by atoms with E-state index in [0.717, 1.165) is 17.0 Å². The summed E-state index contributed by atoms with van der Waals surface area (Å²) in [5.74, 6) is 0.457. The summed E-state index contributed by atoms with van der Waals surface area (Å²) in [6.07, 6.45) is 4.14. The molecule has 2 aromatic heterocycles. The van der Waals surface area contributed by atoms with Crippen molar-refractivity contribution in [3.63, 3.8) is 0 Å². The lowest BCUT2D eigenvalue weighted by atomic mass is 10.1. The highest BCUT2D eigenvalue weighted by molar-refractivity contribution is 6.43. The number of carbonyl (C=O) groups is 1. The van der Waals surface area contributed by atoms with Crippen LogP contribution in [0.5, 0.6) is 0 Å². The van der Waals surface area contributed by atoms with E-state index in [9.17, 15) is 4.79 Å². The number of hydrogen-bond donors (Lipinski definition) is 0. The van der Waals surface area contributed by atoms with E-state index < -0.39 is 0 Å². The number of fused-ring (bicyclic) bond motifs is 1. The maximum Gasteiger partial charge on any atom is 0.255 e.